The van der Waals surface area contributed by atoms with Gasteiger partial charge in [0.2, 0.25) is 0 Å². The van der Waals surface area contributed by atoms with Crippen molar-refractivity contribution in [3.05, 3.63) is 29.3 Å². The maximum absolute atomic E-state index is 12.2. The molecule has 0 spiro atoms. The van der Waals surface area contributed by atoms with Gasteiger partial charge < -0.3 is 4.74 Å². The van der Waals surface area contributed by atoms with Gasteiger partial charge in [0.1, 0.15) is 5.75 Å². The lowest BCUT2D eigenvalue weighted by atomic mass is 9.87. The van der Waals surface area contributed by atoms with E-state index in [1.807, 2.05) is 26.8 Å². The minimum atomic E-state index is -0.381. The molecule has 0 aliphatic carbocycles. The van der Waals surface area contributed by atoms with Crippen LogP contribution in [0.4, 0.5) is 0 Å². The molecule has 1 unspecified atom stereocenters. The van der Waals surface area contributed by atoms with Crippen LogP contribution in [0.25, 0.3) is 0 Å². The highest BCUT2D eigenvalue weighted by atomic mass is 79.9. The molecule has 1 aromatic carbocycles. The number of Topliss-reactive ketones (excluding diaryl/α,β-unsaturated/α-hetero) is 1. The molecule has 0 bridgehead atoms. The van der Waals surface area contributed by atoms with E-state index in [0.717, 1.165) is 5.56 Å². The maximum Gasteiger partial charge on any atom is 0.152 e. The van der Waals surface area contributed by atoms with Crippen molar-refractivity contribution < 1.29 is 9.53 Å². The Morgan fingerprint density at radius 1 is 1.47 bits per heavy atom. The zero-order valence-corrected chi connectivity index (χ0v) is 13.2. The molecular weight excluding hydrogens is 306 g/mol. The van der Waals surface area contributed by atoms with Crippen LogP contribution in [0.15, 0.2) is 18.2 Å². The first kappa shape index (κ1) is 15.7. The number of methoxy groups -OCH3 is 1. The van der Waals surface area contributed by atoms with Crippen molar-refractivity contribution in [2.45, 2.75) is 32.0 Å². The fourth-order valence-electron chi connectivity index (χ4n) is 1.74. The molecule has 0 fully saturated rings. The van der Waals surface area contributed by atoms with Gasteiger partial charge in [0, 0.05) is 5.41 Å². The van der Waals surface area contributed by atoms with E-state index >= 15 is 0 Å². The van der Waals surface area contributed by atoms with E-state index in [1.54, 1.807) is 19.2 Å². The molecule has 0 radical (unpaired) electrons. The maximum atomic E-state index is 12.2. The van der Waals surface area contributed by atoms with Crippen molar-refractivity contribution in [1.82, 2.24) is 0 Å². The molecule has 0 saturated carbocycles. The van der Waals surface area contributed by atoms with Gasteiger partial charge in [-0.25, -0.2) is 0 Å². The quantitative estimate of drug-likeness (QED) is 0.797. The molecule has 102 valence electrons. The predicted octanol–water partition coefficient (Wildman–Crippen LogP) is 3.49. The summed E-state index contributed by atoms with van der Waals surface area (Å²) in [5.41, 5.74) is 1.09. The van der Waals surface area contributed by atoms with Gasteiger partial charge in [0.05, 0.1) is 23.6 Å². The second kappa shape index (κ2) is 6.21. The molecular formula is C15H18BrNO2. The molecule has 1 rings (SSSR count). The summed E-state index contributed by atoms with van der Waals surface area (Å²) in [6.07, 6.45) is 0.547. The molecule has 19 heavy (non-hydrogen) atoms. The Labute approximate surface area is 122 Å². The fraction of sp³-hybridized carbons (Fsp3) is 0.467. The largest absolute Gasteiger partial charge is 0.496 e. The Hall–Kier alpha value is -1.34. The van der Waals surface area contributed by atoms with Crippen LogP contribution in [-0.2, 0) is 11.2 Å². The standard InChI is InChI=1S/C15H18BrNO2/c1-15(2,3)14(18)12(16)8-11-6-5-10(9-17)7-13(11)19-4/h5-7,12H,8H2,1-4H3. The molecule has 1 atom stereocenters. The first-order chi connectivity index (χ1) is 8.79. The zero-order chi connectivity index (χ0) is 14.6. The van der Waals surface area contributed by atoms with Crippen LogP contribution < -0.4 is 4.74 Å². The SMILES string of the molecule is COc1cc(C#N)ccc1CC(Br)C(=O)C(C)(C)C. The van der Waals surface area contributed by atoms with E-state index in [9.17, 15) is 4.79 Å². The number of nitriles is 1. The lowest BCUT2D eigenvalue weighted by Crippen LogP contribution is -2.30. The third-order valence-corrected chi connectivity index (χ3v) is 3.58. The van der Waals surface area contributed by atoms with Crippen molar-refractivity contribution in [3.8, 4) is 11.8 Å². The predicted molar refractivity (Wildman–Crippen MR) is 78.6 cm³/mol. The van der Waals surface area contributed by atoms with Crippen LogP contribution in [0, 0.1) is 16.7 Å². The Morgan fingerprint density at radius 2 is 2.11 bits per heavy atom. The van der Waals surface area contributed by atoms with Crippen LogP contribution in [0.2, 0.25) is 0 Å². The van der Waals surface area contributed by atoms with Crippen LogP contribution in [0.1, 0.15) is 31.9 Å². The van der Waals surface area contributed by atoms with Gasteiger partial charge in [0.15, 0.2) is 5.78 Å². The summed E-state index contributed by atoms with van der Waals surface area (Å²) < 4.78 is 5.27. The van der Waals surface area contributed by atoms with Crippen molar-refractivity contribution in [1.29, 1.82) is 5.26 Å². The van der Waals surface area contributed by atoms with Crippen LogP contribution >= 0.6 is 15.9 Å². The topological polar surface area (TPSA) is 50.1 Å². The van der Waals surface area contributed by atoms with Crippen molar-refractivity contribution >= 4 is 21.7 Å². The normalized spacial score (nSPS) is 12.6. The number of benzene rings is 1. The number of rotatable bonds is 4. The lowest BCUT2D eigenvalue weighted by molar-refractivity contribution is -0.125. The van der Waals surface area contributed by atoms with Gasteiger partial charge in [-0.05, 0) is 24.1 Å². The van der Waals surface area contributed by atoms with Crippen LogP contribution in [-0.4, -0.2) is 17.7 Å². The first-order valence-electron chi connectivity index (χ1n) is 6.05. The first-order valence-corrected chi connectivity index (χ1v) is 6.96. The molecule has 0 aliphatic rings. The minimum Gasteiger partial charge on any atom is -0.496 e. The fourth-order valence-corrected chi connectivity index (χ4v) is 2.77. The highest BCUT2D eigenvalue weighted by Gasteiger charge is 2.28. The molecule has 3 nitrogen and oxygen atoms in total. The molecule has 0 amide bonds. The highest BCUT2D eigenvalue weighted by molar-refractivity contribution is 9.10. The Kier molecular flexibility index (Phi) is 5.13. The number of hydrogen-bond acceptors (Lipinski definition) is 3. The van der Waals surface area contributed by atoms with E-state index in [2.05, 4.69) is 22.0 Å². The van der Waals surface area contributed by atoms with Gasteiger partial charge in [-0.3, -0.25) is 4.79 Å². The number of halogens is 1. The third-order valence-electron chi connectivity index (χ3n) is 2.84. The van der Waals surface area contributed by atoms with Crippen molar-refractivity contribution in [3.63, 3.8) is 0 Å². The zero-order valence-electron chi connectivity index (χ0n) is 11.7. The smallest absolute Gasteiger partial charge is 0.152 e. The Morgan fingerprint density at radius 3 is 2.58 bits per heavy atom. The summed E-state index contributed by atoms with van der Waals surface area (Å²) in [7, 11) is 1.56. The second-order valence-electron chi connectivity index (χ2n) is 5.42. The van der Waals surface area contributed by atoms with E-state index in [1.165, 1.54) is 0 Å². The van der Waals surface area contributed by atoms with Crippen molar-refractivity contribution in [2.24, 2.45) is 5.41 Å². The number of ether oxygens (including phenoxy) is 1. The van der Waals surface area contributed by atoms with Gasteiger partial charge in [-0.1, -0.05) is 42.8 Å². The summed E-state index contributed by atoms with van der Waals surface area (Å²) >= 11 is 3.44. The Balaban J connectivity index is 2.94. The molecule has 1 aromatic rings. The van der Waals surface area contributed by atoms with Gasteiger partial charge in [-0.2, -0.15) is 5.26 Å². The third kappa shape index (κ3) is 4.07. The number of ketones is 1. The molecule has 4 heteroatoms. The molecule has 0 N–H and O–H groups in total. The highest BCUT2D eigenvalue weighted by Crippen LogP contribution is 2.27. The van der Waals surface area contributed by atoms with E-state index in [0.29, 0.717) is 17.7 Å². The molecule has 0 aromatic heterocycles. The van der Waals surface area contributed by atoms with Gasteiger partial charge in [-0.15, -0.1) is 0 Å². The number of carbonyl (C=O) groups excluding carboxylic acids is 1. The van der Waals surface area contributed by atoms with Crippen LogP contribution in [0.5, 0.6) is 5.75 Å². The van der Waals surface area contributed by atoms with Gasteiger partial charge in [0.25, 0.3) is 0 Å². The van der Waals surface area contributed by atoms with E-state index in [4.69, 9.17) is 10.00 Å². The minimum absolute atomic E-state index is 0.152. The number of alkyl halides is 1. The summed E-state index contributed by atoms with van der Waals surface area (Å²) in [6.45, 7) is 5.71. The van der Waals surface area contributed by atoms with Crippen molar-refractivity contribution in [2.75, 3.05) is 7.11 Å². The average molecular weight is 324 g/mol. The average Bonchev–Trinajstić information content (AvgIpc) is 2.37. The van der Waals surface area contributed by atoms with E-state index in [-0.39, 0.29) is 16.0 Å². The monoisotopic (exact) mass is 323 g/mol. The molecule has 0 aliphatic heterocycles. The summed E-state index contributed by atoms with van der Waals surface area (Å²) in [5, 5.41) is 8.86. The number of nitrogens with zero attached hydrogens (tertiary/aromatic N) is 1. The summed E-state index contributed by atoms with van der Waals surface area (Å²) in [6, 6.07) is 7.33. The molecule has 0 saturated heterocycles. The lowest BCUT2D eigenvalue weighted by Gasteiger charge is -2.21. The number of hydrogen-bond donors (Lipinski definition) is 0. The number of carbonyl (C=O) groups is 1. The van der Waals surface area contributed by atoms with Gasteiger partial charge >= 0.3 is 0 Å². The van der Waals surface area contributed by atoms with E-state index < -0.39 is 0 Å². The second-order valence-corrected chi connectivity index (χ2v) is 6.53. The Bertz CT molecular complexity index is 512. The summed E-state index contributed by atoms with van der Waals surface area (Å²) in [5.74, 6) is 0.795. The molecule has 0 heterocycles. The summed E-state index contributed by atoms with van der Waals surface area (Å²) in [4.78, 5) is 11.9. The van der Waals surface area contributed by atoms with Crippen LogP contribution in [0.3, 0.4) is 0 Å².